The van der Waals surface area contributed by atoms with E-state index in [1.54, 1.807) is 22.6 Å². The Balaban J connectivity index is 1.90. The van der Waals surface area contributed by atoms with Crippen LogP contribution in [0.25, 0.3) is 0 Å². The number of nitrogens with zero attached hydrogens (tertiary/aromatic N) is 3. The Kier molecular flexibility index (Phi) is 3.62. The van der Waals surface area contributed by atoms with Crippen molar-refractivity contribution in [3.05, 3.63) is 24.5 Å². The highest BCUT2D eigenvalue weighted by Gasteiger charge is 2.64. The van der Waals surface area contributed by atoms with Crippen molar-refractivity contribution in [3.8, 4) is 0 Å². The molecule has 1 aromatic heterocycles. The molecule has 2 heterocycles. The van der Waals surface area contributed by atoms with E-state index in [0.29, 0.717) is 23.9 Å². The SMILES string of the molecule is CN(C)C[C@@]12CN(S(=O)(=O)c3cccnc3)C[C@@H]1C(C)(C)C2. The first kappa shape index (κ1) is 15.9. The third-order valence-electron chi connectivity index (χ3n) is 5.27. The molecule has 0 unspecified atom stereocenters. The average Bonchev–Trinajstić information content (AvgIpc) is 2.74. The van der Waals surface area contributed by atoms with Crippen LogP contribution < -0.4 is 0 Å². The van der Waals surface area contributed by atoms with Crippen LogP contribution >= 0.6 is 0 Å². The van der Waals surface area contributed by atoms with Gasteiger partial charge in [0.05, 0.1) is 0 Å². The summed E-state index contributed by atoms with van der Waals surface area (Å²) in [7, 11) is 0.693. The molecular weight excluding hydrogens is 298 g/mol. The normalized spacial score (nSPS) is 31.0. The van der Waals surface area contributed by atoms with E-state index >= 15 is 0 Å². The summed E-state index contributed by atoms with van der Waals surface area (Å²) in [5.74, 6) is 0.425. The van der Waals surface area contributed by atoms with Gasteiger partial charge in [0.1, 0.15) is 4.90 Å². The van der Waals surface area contributed by atoms with Crippen molar-refractivity contribution < 1.29 is 8.42 Å². The van der Waals surface area contributed by atoms with E-state index in [4.69, 9.17) is 0 Å². The molecule has 1 aliphatic carbocycles. The lowest BCUT2D eigenvalue weighted by Gasteiger charge is -2.57. The second kappa shape index (κ2) is 5.01. The van der Waals surface area contributed by atoms with E-state index in [0.717, 1.165) is 13.0 Å². The van der Waals surface area contributed by atoms with Crippen LogP contribution in [0.4, 0.5) is 0 Å². The van der Waals surface area contributed by atoms with Crippen molar-refractivity contribution in [3.63, 3.8) is 0 Å². The van der Waals surface area contributed by atoms with Gasteiger partial charge in [0.15, 0.2) is 0 Å². The molecule has 0 radical (unpaired) electrons. The van der Waals surface area contributed by atoms with Gasteiger partial charge in [-0.1, -0.05) is 13.8 Å². The van der Waals surface area contributed by atoms with Crippen molar-refractivity contribution in [1.29, 1.82) is 0 Å². The summed E-state index contributed by atoms with van der Waals surface area (Å²) in [6, 6.07) is 3.31. The predicted molar refractivity (Wildman–Crippen MR) is 85.9 cm³/mol. The van der Waals surface area contributed by atoms with E-state index in [-0.39, 0.29) is 10.8 Å². The predicted octanol–water partition coefficient (Wildman–Crippen LogP) is 1.68. The Hall–Kier alpha value is -0.980. The van der Waals surface area contributed by atoms with Crippen LogP contribution in [0.15, 0.2) is 29.4 Å². The highest BCUT2D eigenvalue weighted by atomic mass is 32.2. The van der Waals surface area contributed by atoms with E-state index in [1.807, 2.05) is 0 Å². The van der Waals surface area contributed by atoms with Crippen LogP contribution in [-0.2, 0) is 10.0 Å². The third kappa shape index (κ3) is 2.37. The number of sulfonamides is 1. The Morgan fingerprint density at radius 1 is 1.41 bits per heavy atom. The molecule has 5 nitrogen and oxygen atoms in total. The Bertz CT molecular complexity index is 653. The number of fused-ring (bicyclic) bond motifs is 1. The smallest absolute Gasteiger partial charge is 0.244 e. The number of hydrogen-bond donors (Lipinski definition) is 0. The molecule has 1 saturated heterocycles. The zero-order valence-corrected chi connectivity index (χ0v) is 14.6. The van der Waals surface area contributed by atoms with Crippen LogP contribution in [0, 0.1) is 16.7 Å². The fourth-order valence-electron chi connectivity index (χ4n) is 4.76. The molecule has 3 rings (SSSR count). The van der Waals surface area contributed by atoms with E-state index in [1.165, 1.54) is 6.20 Å². The summed E-state index contributed by atoms with van der Waals surface area (Å²) < 4.78 is 27.4. The van der Waals surface area contributed by atoms with Gasteiger partial charge in [-0.2, -0.15) is 4.31 Å². The molecule has 1 aliphatic heterocycles. The van der Waals surface area contributed by atoms with Crippen LogP contribution in [0.5, 0.6) is 0 Å². The summed E-state index contributed by atoms with van der Waals surface area (Å²) in [5.41, 5.74) is 0.317. The highest BCUT2D eigenvalue weighted by Crippen LogP contribution is 2.63. The largest absolute Gasteiger partial charge is 0.309 e. The zero-order valence-electron chi connectivity index (χ0n) is 13.8. The second-order valence-corrected chi connectivity index (χ2v) is 9.74. The zero-order chi connectivity index (χ0) is 16.2. The fraction of sp³-hybridized carbons (Fsp3) is 0.688. The molecule has 0 amide bonds. The highest BCUT2D eigenvalue weighted by molar-refractivity contribution is 7.89. The molecular formula is C16H25N3O2S. The van der Waals surface area contributed by atoms with Gasteiger partial charge in [-0.3, -0.25) is 4.98 Å². The minimum Gasteiger partial charge on any atom is -0.309 e. The van der Waals surface area contributed by atoms with Crippen molar-refractivity contribution in [2.24, 2.45) is 16.7 Å². The number of pyridine rings is 1. The summed E-state index contributed by atoms with van der Waals surface area (Å²) >= 11 is 0. The first-order valence-electron chi connectivity index (χ1n) is 7.72. The molecule has 2 fully saturated rings. The molecule has 0 spiro atoms. The maximum atomic E-state index is 12.9. The van der Waals surface area contributed by atoms with Crippen molar-refractivity contribution in [2.45, 2.75) is 25.2 Å². The first-order valence-corrected chi connectivity index (χ1v) is 9.16. The van der Waals surface area contributed by atoms with Crippen molar-refractivity contribution in [1.82, 2.24) is 14.2 Å². The quantitative estimate of drug-likeness (QED) is 0.846. The Morgan fingerprint density at radius 2 is 2.14 bits per heavy atom. The number of hydrogen-bond acceptors (Lipinski definition) is 4. The van der Waals surface area contributed by atoms with Crippen LogP contribution in [-0.4, -0.2) is 56.3 Å². The molecule has 22 heavy (non-hydrogen) atoms. The molecule has 122 valence electrons. The standard InChI is InChI=1S/C16H25N3O2S/c1-15(2)10-16(11-18(3)4)12-19(9-14(15)16)22(20,21)13-6-5-7-17-8-13/h5-8,14H,9-12H2,1-4H3/t14-,16+/m1/s1. The van der Waals surface area contributed by atoms with E-state index in [9.17, 15) is 8.42 Å². The van der Waals surface area contributed by atoms with Gasteiger partial charge in [0.2, 0.25) is 10.0 Å². The molecule has 0 aromatic carbocycles. The van der Waals surface area contributed by atoms with Crippen LogP contribution in [0.2, 0.25) is 0 Å². The maximum absolute atomic E-state index is 12.9. The minimum absolute atomic E-state index is 0.0995. The van der Waals surface area contributed by atoms with Gasteiger partial charge in [-0.15, -0.1) is 0 Å². The monoisotopic (exact) mass is 323 g/mol. The molecule has 6 heteroatoms. The molecule has 0 bridgehead atoms. The Labute approximate surface area is 133 Å². The third-order valence-corrected chi connectivity index (χ3v) is 7.07. The summed E-state index contributed by atoms with van der Waals surface area (Å²) in [6.45, 7) is 6.70. The lowest BCUT2D eigenvalue weighted by atomic mass is 9.48. The summed E-state index contributed by atoms with van der Waals surface area (Å²) in [4.78, 5) is 6.44. The van der Waals surface area contributed by atoms with Crippen molar-refractivity contribution in [2.75, 3.05) is 33.7 Å². The molecule has 2 aliphatic rings. The lowest BCUT2D eigenvalue weighted by Crippen LogP contribution is -2.57. The van der Waals surface area contributed by atoms with Gasteiger partial charge in [0.25, 0.3) is 0 Å². The summed E-state index contributed by atoms with van der Waals surface area (Å²) in [5, 5.41) is 0. The molecule has 2 atom stereocenters. The van der Waals surface area contributed by atoms with Gasteiger partial charge < -0.3 is 4.90 Å². The van der Waals surface area contributed by atoms with Gasteiger partial charge in [-0.25, -0.2) is 8.42 Å². The van der Waals surface area contributed by atoms with E-state index in [2.05, 4.69) is 37.8 Å². The maximum Gasteiger partial charge on any atom is 0.244 e. The van der Waals surface area contributed by atoms with Crippen LogP contribution in [0.1, 0.15) is 20.3 Å². The topological polar surface area (TPSA) is 53.5 Å². The lowest BCUT2D eigenvalue weighted by molar-refractivity contribution is -0.0789. The first-order chi connectivity index (χ1) is 10.2. The van der Waals surface area contributed by atoms with Crippen molar-refractivity contribution >= 4 is 10.0 Å². The minimum atomic E-state index is -3.44. The number of aromatic nitrogens is 1. The fourth-order valence-corrected chi connectivity index (χ4v) is 6.27. The second-order valence-electron chi connectivity index (χ2n) is 7.80. The van der Waals surface area contributed by atoms with Gasteiger partial charge >= 0.3 is 0 Å². The Morgan fingerprint density at radius 3 is 2.68 bits per heavy atom. The van der Waals surface area contributed by atoms with Crippen LogP contribution in [0.3, 0.4) is 0 Å². The molecule has 1 saturated carbocycles. The number of rotatable bonds is 4. The molecule has 1 aromatic rings. The van der Waals surface area contributed by atoms with E-state index < -0.39 is 10.0 Å². The summed E-state index contributed by atoms with van der Waals surface area (Å²) in [6.07, 6.45) is 4.13. The van der Waals surface area contributed by atoms with Gasteiger partial charge in [-0.05, 0) is 44.0 Å². The molecule has 0 N–H and O–H groups in total. The average molecular weight is 323 g/mol. The van der Waals surface area contributed by atoms with Gasteiger partial charge in [0, 0.05) is 37.4 Å².